The van der Waals surface area contributed by atoms with Crippen molar-refractivity contribution in [2.75, 3.05) is 31.1 Å². The molecule has 0 unspecified atom stereocenters. The standard InChI is InChI=1S/C33H48N4O8/c1-8-28(38)34-14-16-36-26-18-25(22(6)17-27(26)45-33(31(36)41)12-10-13-33)29(39)37(21(4)5)24-11-9-15-35(19-24)32(42)44-23(7)43-30(40)20(2)3/h17-18,20-21,23-24H,8-16,19H2,1-7H3,(H,34,38)/t23-,24-/m1/s1. The number of nitrogens with one attached hydrogen (secondary N) is 1. The van der Waals surface area contributed by atoms with Crippen molar-refractivity contribution in [3.8, 4) is 5.75 Å². The van der Waals surface area contributed by atoms with E-state index >= 15 is 0 Å². The molecule has 12 heteroatoms. The highest BCUT2D eigenvalue weighted by Gasteiger charge is 2.52. The lowest BCUT2D eigenvalue weighted by Crippen LogP contribution is -2.61. The van der Waals surface area contributed by atoms with Gasteiger partial charge in [-0.3, -0.25) is 19.2 Å². The van der Waals surface area contributed by atoms with E-state index in [9.17, 15) is 24.0 Å². The maximum atomic E-state index is 14.3. The van der Waals surface area contributed by atoms with Crippen LogP contribution in [0.3, 0.4) is 0 Å². The van der Waals surface area contributed by atoms with Crippen LogP contribution in [0.5, 0.6) is 5.75 Å². The zero-order valence-corrected chi connectivity index (χ0v) is 27.6. The SMILES string of the molecule is CCC(=O)NCCN1C(=O)C2(CCC2)Oc2cc(C)c(C(=O)N(C(C)C)[C@@H]3CCCN(C(=O)O[C@H](C)OC(=O)C(C)C)C3)cc21. The molecule has 1 N–H and O–H groups in total. The summed E-state index contributed by atoms with van der Waals surface area (Å²) in [4.78, 5) is 69.7. The predicted molar refractivity (Wildman–Crippen MR) is 167 cm³/mol. The number of hydrogen-bond acceptors (Lipinski definition) is 8. The van der Waals surface area contributed by atoms with Crippen molar-refractivity contribution in [3.63, 3.8) is 0 Å². The van der Waals surface area contributed by atoms with Crippen molar-refractivity contribution in [1.82, 2.24) is 15.1 Å². The van der Waals surface area contributed by atoms with Crippen LogP contribution in [-0.2, 0) is 23.9 Å². The first-order valence-electron chi connectivity index (χ1n) is 16.2. The molecule has 1 aliphatic carbocycles. The molecule has 12 nitrogen and oxygen atoms in total. The number of esters is 1. The molecule has 45 heavy (non-hydrogen) atoms. The maximum Gasteiger partial charge on any atom is 0.412 e. The van der Waals surface area contributed by atoms with Crippen LogP contribution in [0.2, 0.25) is 0 Å². The number of piperidine rings is 1. The Kier molecular flexibility index (Phi) is 10.7. The molecule has 248 valence electrons. The molecule has 0 bridgehead atoms. The summed E-state index contributed by atoms with van der Waals surface area (Å²) in [6.07, 6.45) is 2.24. The molecule has 2 heterocycles. The lowest BCUT2D eigenvalue weighted by atomic mass is 9.77. The van der Waals surface area contributed by atoms with E-state index in [1.54, 1.807) is 41.5 Å². The first-order valence-corrected chi connectivity index (χ1v) is 16.2. The minimum atomic E-state index is -1.03. The first kappa shape index (κ1) is 34.1. The maximum absolute atomic E-state index is 14.3. The number of ether oxygens (including phenoxy) is 3. The molecule has 2 atom stereocenters. The second kappa shape index (κ2) is 14.1. The van der Waals surface area contributed by atoms with Crippen molar-refractivity contribution in [2.24, 2.45) is 5.92 Å². The van der Waals surface area contributed by atoms with E-state index in [1.165, 1.54) is 6.92 Å². The average molecular weight is 629 g/mol. The number of likely N-dealkylation sites (tertiary alicyclic amines) is 1. The monoisotopic (exact) mass is 628 g/mol. The normalized spacial score (nSPS) is 19.4. The lowest BCUT2D eigenvalue weighted by molar-refractivity contribution is -0.170. The Morgan fingerprint density at radius 2 is 1.80 bits per heavy atom. The summed E-state index contributed by atoms with van der Waals surface area (Å²) < 4.78 is 16.9. The van der Waals surface area contributed by atoms with E-state index in [0.29, 0.717) is 55.6 Å². The molecule has 1 saturated heterocycles. The van der Waals surface area contributed by atoms with Crippen LogP contribution in [0.4, 0.5) is 10.5 Å². The summed E-state index contributed by atoms with van der Waals surface area (Å²) in [5.41, 5.74) is 0.786. The van der Waals surface area contributed by atoms with E-state index in [0.717, 1.165) is 12.0 Å². The number of aryl methyl sites for hydroxylation is 1. The van der Waals surface area contributed by atoms with Crippen LogP contribution in [0.1, 0.15) is 96.0 Å². The Morgan fingerprint density at radius 1 is 1.09 bits per heavy atom. The summed E-state index contributed by atoms with van der Waals surface area (Å²) in [7, 11) is 0. The topological polar surface area (TPSA) is 135 Å². The Bertz CT molecular complexity index is 1310. The van der Waals surface area contributed by atoms with E-state index in [1.807, 2.05) is 26.8 Å². The molecule has 1 spiro atoms. The number of benzene rings is 1. The van der Waals surface area contributed by atoms with Gasteiger partial charge in [0.05, 0.1) is 17.6 Å². The van der Waals surface area contributed by atoms with Gasteiger partial charge in [-0.05, 0) is 70.6 Å². The minimum Gasteiger partial charge on any atom is -0.475 e. The smallest absolute Gasteiger partial charge is 0.412 e. The number of carbonyl (C=O) groups is 5. The zero-order chi connectivity index (χ0) is 33.1. The molecular weight excluding hydrogens is 580 g/mol. The molecule has 3 aliphatic rings. The molecule has 1 aromatic carbocycles. The second-order valence-electron chi connectivity index (χ2n) is 12.8. The van der Waals surface area contributed by atoms with Crippen LogP contribution < -0.4 is 15.0 Å². The highest BCUT2D eigenvalue weighted by atomic mass is 16.7. The van der Waals surface area contributed by atoms with Crippen LogP contribution >= 0.6 is 0 Å². The number of nitrogens with zero attached hydrogens (tertiary/aromatic N) is 3. The number of hydrogen-bond donors (Lipinski definition) is 1. The molecule has 2 aliphatic heterocycles. The van der Waals surface area contributed by atoms with Gasteiger partial charge in [0.15, 0.2) is 5.60 Å². The molecule has 0 aromatic heterocycles. The molecule has 1 saturated carbocycles. The fraction of sp³-hybridized carbons (Fsp3) is 0.667. The first-order chi connectivity index (χ1) is 21.3. The summed E-state index contributed by atoms with van der Waals surface area (Å²) in [6.45, 7) is 13.7. The fourth-order valence-corrected chi connectivity index (χ4v) is 6.12. The third-order valence-electron chi connectivity index (χ3n) is 8.77. The van der Waals surface area contributed by atoms with Crippen molar-refractivity contribution in [1.29, 1.82) is 0 Å². The van der Waals surface area contributed by atoms with Crippen LogP contribution in [0.25, 0.3) is 0 Å². The number of anilines is 1. The molecule has 0 radical (unpaired) electrons. The zero-order valence-electron chi connectivity index (χ0n) is 27.6. The van der Waals surface area contributed by atoms with E-state index in [2.05, 4.69) is 5.32 Å². The van der Waals surface area contributed by atoms with Crippen molar-refractivity contribution < 1.29 is 38.2 Å². The van der Waals surface area contributed by atoms with Crippen molar-refractivity contribution in [3.05, 3.63) is 23.3 Å². The third kappa shape index (κ3) is 7.36. The van der Waals surface area contributed by atoms with Gasteiger partial charge in [-0.1, -0.05) is 20.8 Å². The van der Waals surface area contributed by atoms with E-state index < -0.39 is 24.0 Å². The van der Waals surface area contributed by atoms with Gasteiger partial charge >= 0.3 is 12.1 Å². The van der Waals surface area contributed by atoms with Crippen molar-refractivity contribution in [2.45, 2.75) is 111 Å². The van der Waals surface area contributed by atoms with Crippen molar-refractivity contribution >= 4 is 35.5 Å². The Hall–Kier alpha value is -3.83. The van der Waals surface area contributed by atoms with Crippen LogP contribution in [-0.4, -0.2) is 89.7 Å². The molecule has 4 amide bonds. The number of fused-ring (bicyclic) bond motifs is 1. The number of amides is 4. The minimum absolute atomic E-state index is 0.0990. The number of carbonyl (C=O) groups excluding carboxylic acids is 5. The van der Waals surface area contributed by atoms with Gasteiger partial charge in [0.1, 0.15) is 5.75 Å². The highest BCUT2D eigenvalue weighted by molar-refractivity contribution is 6.05. The van der Waals surface area contributed by atoms with Gasteiger partial charge in [0.25, 0.3) is 11.8 Å². The van der Waals surface area contributed by atoms with E-state index in [4.69, 9.17) is 14.2 Å². The van der Waals surface area contributed by atoms with Gasteiger partial charge in [-0.15, -0.1) is 0 Å². The molecule has 1 aromatic rings. The lowest BCUT2D eigenvalue weighted by Gasteiger charge is -2.47. The van der Waals surface area contributed by atoms with Gasteiger partial charge in [0, 0.05) is 51.1 Å². The Morgan fingerprint density at radius 3 is 2.40 bits per heavy atom. The molecule has 4 rings (SSSR count). The second-order valence-corrected chi connectivity index (χ2v) is 12.8. The summed E-state index contributed by atoms with van der Waals surface area (Å²) in [5, 5.41) is 2.84. The van der Waals surface area contributed by atoms with Gasteiger partial charge in [0.2, 0.25) is 12.2 Å². The predicted octanol–water partition coefficient (Wildman–Crippen LogP) is 4.17. The number of rotatable bonds is 10. The molecule has 2 fully saturated rings. The summed E-state index contributed by atoms with van der Waals surface area (Å²) in [5.74, 6) is -0.701. The van der Waals surface area contributed by atoms with Crippen LogP contribution in [0, 0.1) is 12.8 Å². The molecular formula is C33H48N4O8. The quantitative estimate of drug-likeness (QED) is 0.302. The van der Waals surface area contributed by atoms with Gasteiger partial charge in [-0.2, -0.15) is 0 Å². The van der Waals surface area contributed by atoms with Crippen LogP contribution in [0.15, 0.2) is 12.1 Å². The summed E-state index contributed by atoms with van der Waals surface area (Å²) in [6, 6.07) is 3.10. The Labute approximate surface area is 265 Å². The largest absolute Gasteiger partial charge is 0.475 e. The summed E-state index contributed by atoms with van der Waals surface area (Å²) >= 11 is 0. The fourth-order valence-electron chi connectivity index (χ4n) is 6.12. The highest BCUT2D eigenvalue weighted by Crippen LogP contribution is 2.47. The third-order valence-corrected chi connectivity index (χ3v) is 8.77. The van der Waals surface area contributed by atoms with E-state index in [-0.39, 0.29) is 55.4 Å². The van der Waals surface area contributed by atoms with Gasteiger partial charge in [-0.25, -0.2) is 4.79 Å². The van der Waals surface area contributed by atoms with Gasteiger partial charge < -0.3 is 34.2 Å². The average Bonchev–Trinajstić information content (AvgIpc) is 2.96. The Balaban J connectivity index is 1.55.